The third kappa shape index (κ3) is 5.79. The van der Waals surface area contributed by atoms with Crippen LogP contribution in [0.2, 0.25) is 0 Å². The number of pyridine rings is 2. The molecule has 1 fully saturated rings. The van der Waals surface area contributed by atoms with E-state index in [4.69, 9.17) is 4.74 Å². The molecule has 1 aliphatic heterocycles. The number of amides is 1. The molecule has 1 amide bonds. The molecular formula is C26H30N4O4S. The van der Waals surface area contributed by atoms with Gasteiger partial charge in [-0.3, -0.25) is 4.79 Å². The van der Waals surface area contributed by atoms with Gasteiger partial charge in [0.05, 0.1) is 12.2 Å². The molecule has 0 aliphatic carbocycles. The fourth-order valence-corrected chi connectivity index (χ4v) is 5.45. The van der Waals surface area contributed by atoms with Gasteiger partial charge in [0, 0.05) is 30.8 Å². The monoisotopic (exact) mass is 494 g/mol. The second kappa shape index (κ2) is 10.0. The van der Waals surface area contributed by atoms with Crippen LogP contribution in [0.15, 0.2) is 71.9 Å². The number of carbonyl (C=O) groups excluding carboxylic acids is 1. The van der Waals surface area contributed by atoms with Crippen LogP contribution in [0, 0.1) is 5.92 Å². The third-order valence-electron chi connectivity index (χ3n) is 6.04. The van der Waals surface area contributed by atoms with Crippen molar-refractivity contribution in [2.24, 2.45) is 5.92 Å². The van der Waals surface area contributed by atoms with Crippen molar-refractivity contribution >= 4 is 21.7 Å². The van der Waals surface area contributed by atoms with E-state index in [9.17, 15) is 13.2 Å². The normalized spacial score (nSPS) is 17.2. The molecule has 184 valence electrons. The van der Waals surface area contributed by atoms with Crippen LogP contribution in [0.25, 0.3) is 0 Å². The molecule has 0 spiro atoms. The molecule has 35 heavy (non-hydrogen) atoms. The summed E-state index contributed by atoms with van der Waals surface area (Å²) >= 11 is 0. The first-order chi connectivity index (χ1) is 16.7. The van der Waals surface area contributed by atoms with E-state index >= 15 is 0 Å². The standard InChI is InChI=1S/C26H30N4O4S/c1-19-17-26(2,3)30(18-19)24-21(11-8-15-27-24)25(31)29-35(32,33)23-13-7-12-22(28-23)34-16-14-20-9-5-4-6-10-20/h4-13,15,19H,14,16-18H2,1-3H3,(H,29,31). The van der Waals surface area contributed by atoms with E-state index in [0.717, 1.165) is 18.5 Å². The van der Waals surface area contributed by atoms with E-state index in [0.29, 0.717) is 24.8 Å². The molecule has 1 N–H and O–H groups in total. The molecule has 1 unspecified atom stereocenters. The van der Waals surface area contributed by atoms with Crippen LogP contribution in [0.1, 0.15) is 43.1 Å². The van der Waals surface area contributed by atoms with Crippen LogP contribution in [-0.4, -0.2) is 43.0 Å². The first kappa shape index (κ1) is 24.7. The summed E-state index contributed by atoms with van der Waals surface area (Å²) < 4.78 is 33.8. The molecule has 2 aromatic heterocycles. The Balaban J connectivity index is 1.48. The lowest BCUT2D eigenvalue weighted by Crippen LogP contribution is -2.41. The zero-order chi connectivity index (χ0) is 25.1. The van der Waals surface area contributed by atoms with Crippen LogP contribution >= 0.6 is 0 Å². The Morgan fingerprint density at radius 3 is 2.60 bits per heavy atom. The summed E-state index contributed by atoms with van der Waals surface area (Å²) in [5.74, 6) is 0.327. The molecule has 9 heteroatoms. The Kier molecular flexibility index (Phi) is 7.07. The average molecular weight is 495 g/mol. The maximum atomic E-state index is 13.1. The largest absolute Gasteiger partial charge is 0.477 e. The van der Waals surface area contributed by atoms with Gasteiger partial charge in [-0.05, 0) is 49.9 Å². The van der Waals surface area contributed by atoms with Gasteiger partial charge < -0.3 is 9.64 Å². The predicted molar refractivity (Wildman–Crippen MR) is 134 cm³/mol. The van der Waals surface area contributed by atoms with Crippen LogP contribution < -0.4 is 14.4 Å². The number of aromatic nitrogens is 2. The van der Waals surface area contributed by atoms with Crippen LogP contribution in [0.4, 0.5) is 5.82 Å². The van der Waals surface area contributed by atoms with E-state index < -0.39 is 15.9 Å². The van der Waals surface area contributed by atoms with Crippen molar-refractivity contribution in [1.29, 1.82) is 0 Å². The van der Waals surface area contributed by atoms with Gasteiger partial charge in [-0.15, -0.1) is 0 Å². The van der Waals surface area contributed by atoms with Gasteiger partial charge in [0.25, 0.3) is 15.9 Å². The molecule has 0 bridgehead atoms. The summed E-state index contributed by atoms with van der Waals surface area (Å²) in [6, 6.07) is 17.5. The van der Waals surface area contributed by atoms with Gasteiger partial charge in [-0.2, -0.15) is 13.4 Å². The number of nitrogens with one attached hydrogen (secondary N) is 1. The van der Waals surface area contributed by atoms with Crippen molar-refractivity contribution in [2.75, 3.05) is 18.1 Å². The summed E-state index contributed by atoms with van der Waals surface area (Å²) in [6.07, 6.45) is 3.22. The minimum absolute atomic E-state index is 0.172. The van der Waals surface area contributed by atoms with Crippen LogP contribution in [0.3, 0.4) is 0 Å². The lowest BCUT2D eigenvalue weighted by molar-refractivity contribution is 0.0981. The molecular weight excluding hydrogens is 464 g/mol. The number of sulfonamides is 1. The number of hydrogen-bond acceptors (Lipinski definition) is 7. The molecule has 1 atom stereocenters. The quantitative estimate of drug-likeness (QED) is 0.508. The topological polar surface area (TPSA) is 101 Å². The van der Waals surface area contributed by atoms with E-state index in [1.165, 1.54) is 12.1 Å². The molecule has 1 aliphatic rings. The van der Waals surface area contributed by atoms with Gasteiger partial charge in [-0.1, -0.05) is 43.3 Å². The molecule has 0 radical (unpaired) electrons. The zero-order valence-corrected chi connectivity index (χ0v) is 21.0. The minimum Gasteiger partial charge on any atom is -0.477 e. The van der Waals surface area contributed by atoms with Gasteiger partial charge in [0.1, 0.15) is 5.82 Å². The zero-order valence-electron chi connectivity index (χ0n) is 20.1. The fourth-order valence-electron chi connectivity index (χ4n) is 4.52. The predicted octanol–water partition coefficient (Wildman–Crippen LogP) is 3.84. The first-order valence-corrected chi connectivity index (χ1v) is 13.1. The number of nitrogens with zero attached hydrogens (tertiary/aromatic N) is 3. The smallest absolute Gasteiger partial charge is 0.281 e. The summed E-state index contributed by atoms with van der Waals surface area (Å²) in [6.45, 7) is 7.42. The lowest BCUT2D eigenvalue weighted by Gasteiger charge is -2.33. The number of carbonyl (C=O) groups is 1. The Labute approximate surface area is 206 Å². The fraction of sp³-hybridized carbons (Fsp3) is 0.346. The summed E-state index contributed by atoms with van der Waals surface area (Å²) in [7, 11) is -4.22. The Morgan fingerprint density at radius 2 is 1.89 bits per heavy atom. The number of benzene rings is 1. The number of hydrogen-bond donors (Lipinski definition) is 1. The number of ether oxygens (including phenoxy) is 1. The molecule has 4 rings (SSSR count). The summed E-state index contributed by atoms with van der Waals surface area (Å²) in [5.41, 5.74) is 1.11. The van der Waals surface area contributed by atoms with E-state index in [1.807, 2.05) is 30.3 Å². The highest BCUT2D eigenvalue weighted by Gasteiger charge is 2.39. The lowest BCUT2D eigenvalue weighted by atomic mass is 9.97. The Hall–Kier alpha value is -3.46. The molecule has 8 nitrogen and oxygen atoms in total. The Bertz CT molecular complexity index is 1300. The number of rotatable bonds is 8. The van der Waals surface area contributed by atoms with Crippen molar-refractivity contribution in [3.05, 3.63) is 78.0 Å². The van der Waals surface area contributed by atoms with Crippen molar-refractivity contribution in [2.45, 2.75) is 44.2 Å². The van der Waals surface area contributed by atoms with E-state index in [2.05, 4.69) is 40.4 Å². The van der Waals surface area contributed by atoms with Crippen LogP contribution in [-0.2, 0) is 16.4 Å². The third-order valence-corrected chi connectivity index (χ3v) is 7.28. The molecule has 3 heterocycles. The molecule has 1 saturated heterocycles. The SMILES string of the molecule is CC1CN(c2ncccc2C(=O)NS(=O)(=O)c2cccc(OCCc3ccccc3)n2)C(C)(C)C1. The highest BCUT2D eigenvalue weighted by Crippen LogP contribution is 2.37. The van der Waals surface area contributed by atoms with Gasteiger partial charge in [0.2, 0.25) is 5.88 Å². The summed E-state index contributed by atoms with van der Waals surface area (Å²) in [4.78, 5) is 23.7. The van der Waals surface area contributed by atoms with Crippen LogP contribution in [0.5, 0.6) is 5.88 Å². The van der Waals surface area contributed by atoms with Crippen molar-refractivity contribution in [3.63, 3.8) is 0 Å². The Morgan fingerprint density at radius 1 is 1.11 bits per heavy atom. The van der Waals surface area contributed by atoms with Gasteiger partial charge >= 0.3 is 0 Å². The number of anilines is 1. The molecule has 1 aromatic carbocycles. The highest BCUT2D eigenvalue weighted by atomic mass is 32.2. The van der Waals surface area contributed by atoms with Crippen molar-refractivity contribution < 1.29 is 17.9 Å². The van der Waals surface area contributed by atoms with Crippen molar-refractivity contribution in [3.8, 4) is 5.88 Å². The van der Waals surface area contributed by atoms with E-state index in [-0.39, 0.29) is 22.0 Å². The maximum Gasteiger partial charge on any atom is 0.281 e. The first-order valence-electron chi connectivity index (χ1n) is 11.6. The minimum atomic E-state index is -4.22. The second-order valence-corrected chi connectivity index (χ2v) is 11.1. The molecule has 0 saturated carbocycles. The highest BCUT2D eigenvalue weighted by molar-refractivity contribution is 7.90. The average Bonchev–Trinajstić information content (AvgIpc) is 3.11. The van der Waals surface area contributed by atoms with E-state index in [1.54, 1.807) is 24.4 Å². The molecule has 3 aromatic rings. The van der Waals surface area contributed by atoms with Gasteiger partial charge in [-0.25, -0.2) is 9.71 Å². The second-order valence-electron chi connectivity index (χ2n) is 9.44. The maximum absolute atomic E-state index is 13.1. The summed E-state index contributed by atoms with van der Waals surface area (Å²) in [5, 5.41) is -0.288. The van der Waals surface area contributed by atoms with Crippen molar-refractivity contribution in [1.82, 2.24) is 14.7 Å². The van der Waals surface area contributed by atoms with Gasteiger partial charge in [0.15, 0.2) is 5.03 Å².